The van der Waals surface area contributed by atoms with Gasteiger partial charge in [-0.1, -0.05) is 6.92 Å². The predicted octanol–water partition coefficient (Wildman–Crippen LogP) is 1.84. The van der Waals surface area contributed by atoms with Gasteiger partial charge in [0.25, 0.3) is 0 Å². The van der Waals surface area contributed by atoms with Crippen molar-refractivity contribution in [1.29, 1.82) is 0 Å². The van der Waals surface area contributed by atoms with Gasteiger partial charge in [-0.3, -0.25) is 4.79 Å². The quantitative estimate of drug-likeness (QED) is 0.778. The van der Waals surface area contributed by atoms with Crippen LogP contribution in [0.3, 0.4) is 0 Å². The van der Waals surface area contributed by atoms with E-state index in [1.807, 2.05) is 19.1 Å². The summed E-state index contributed by atoms with van der Waals surface area (Å²) >= 11 is 0. The van der Waals surface area contributed by atoms with Gasteiger partial charge in [0.15, 0.2) is 0 Å². The van der Waals surface area contributed by atoms with Crippen LogP contribution in [0.5, 0.6) is 0 Å². The van der Waals surface area contributed by atoms with E-state index in [0.29, 0.717) is 6.42 Å². The standard InChI is InChI=1S/C11H15NO2/c1-3-11(9-5-4-6-14-9)7-10(13)12-8(11)2/h4-6,8H,3,7H2,1-2H3,(H,12,13). The fourth-order valence-electron chi connectivity index (χ4n) is 2.34. The van der Waals surface area contributed by atoms with Crippen LogP contribution >= 0.6 is 0 Å². The van der Waals surface area contributed by atoms with Crippen molar-refractivity contribution in [3.05, 3.63) is 24.2 Å². The second kappa shape index (κ2) is 3.15. The molecule has 0 saturated carbocycles. The maximum absolute atomic E-state index is 11.4. The highest BCUT2D eigenvalue weighted by molar-refractivity contribution is 5.81. The first-order valence-electron chi connectivity index (χ1n) is 5.02. The lowest BCUT2D eigenvalue weighted by molar-refractivity contribution is -0.119. The zero-order chi connectivity index (χ0) is 10.2. The Hall–Kier alpha value is -1.25. The highest BCUT2D eigenvalue weighted by atomic mass is 16.3. The van der Waals surface area contributed by atoms with E-state index in [1.54, 1.807) is 6.26 Å². The third-order valence-electron chi connectivity index (χ3n) is 3.33. The van der Waals surface area contributed by atoms with E-state index in [2.05, 4.69) is 12.2 Å². The maximum atomic E-state index is 11.4. The molecule has 2 unspecified atom stereocenters. The van der Waals surface area contributed by atoms with Crippen molar-refractivity contribution in [3.63, 3.8) is 0 Å². The Kier molecular flexibility index (Phi) is 2.10. The molecule has 14 heavy (non-hydrogen) atoms. The van der Waals surface area contributed by atoms with Crippen molar-refractivity contribution >= 4 is 5.91 Å². The molecule has 1 amide bonds. The first-order chi connectivity index (χ1) is 6.69. The fraction of sp³-hybridized carbons (Fsp3) is 0.545. The van der Waals surface area contributed by atoms with Crippen LogP contribution in [-0.2, 0) is 10.2 Å². The smallest absolute Gasteiger partial charge is 0.221 e. The Bertz CT molecular complexity index is 331. The first kappa shape index (κ1) is 9.31. The van der Waals surface area contributed by atoms with Gasteiger partial charge in [0, 0.05) is 12.5 Å². The highest BCUT2D eigenvalue weighted by Crippen LogP contribution is 2.39. The van der Waals surface area contributed by atoms with Crippen molar-refractivity contribution < 1.29 is 9.21 Å². The third kappa shape index (κ3) is 1.15. The van der Waals surface area contributed by atoms with Gasteiger partial charge >= 0.3 is 0 Å². The molecule has 0 aromatic carbocycles. The lowest BCUT2D eigenvalue weighted by atomic mass is 9.76. The monoisotopic (exact) mass is 193 g/mol. The van der Waals surface area contributed by atoms with Crippen LogP contribution in [0, 0.1) is 0 Å². The molecule has 0 aliphatic carbocycles. The maximum Gasteiger partial charge on any atom is 0.221 e. The Labute approximate surface area is 83.5 Å². The van der Waals surface area contributed by atoms with E-state index in [4.69, 9.17) is 4.42 Å². The normalized spacial score (nSPS) is 31.9. The average molecular weight is 193 g/mol. The van der Waals surface area contributed by atoms with Gasteiger partial charge in [0.1, 0.15) is 5.76 Å². The van der Waals surface area contributed by atoms with E-state index in [-0.39, 0.29) is 17.4 Å². The lowest BCUT2D eigenvalue weighted by Crippen LogP contribution is -2.37. The summed E-state index contributed by atoms with van der Waals surface area (Å²) in [6.07, 6.45) is 3.13. The molecule has 2 heterocycles. The first-order valence-corrected chi connectivity index (χ1v) is 5.02. The molecule has 2 atom stereocenters. The van der Waals surface area contributed by atoms with E-state index in [1.165, 1.54) is 0 Å². The molecule has 1 aromatic rings. The van der Waals surface area contributed by atoms with Crippen molar-refractivity contribution in [1.82, 2.24) is 5.32 Å². The van der Waals surface area contributed by atoms with Crippen molar-refractivity contribution in [2.45, 2.75) is 38.1 Å². The number of nitrogens with one attached hydrogen (secondary N) is 1. The van der Waals surface area contributed by atoms with Crippen LogP contribution in [-0.4, -0.2) is 11.9 Å². The fourth-order valence-corrected chi connectivity index (χ4v) is 2.34. The second-order valence-corrected chi connectivity index (χ2v) is 3.95. The minimum Gasteiger partial charge on any atom is -0.469 e. The second-order valence-electron chi connectivity index (χ2n) is 3.95. The van der Waals surface area contributed by atoms with Crippen LogP contribution in [0.25, 0.3) is 0 Å². The van der Waals surface area contributed by atoms with Crippen LogP contribution in [0.2, 0.25) is 0 Å². The van der Waals surface area contributed by atoms with Gasteiger partial charge in [-0.2, -0.15) is 0 Å². The van der Waals surface area contributed by atoms with Crippen molar-refractivity contribution in [2.24, 2.45) is 0 Å². The largest absolute Gasteiger partial charge is 0.469 e. The molecule has 2 rings (SSSR count). The van der Waals surface area contributed by atoms with E-state index < -0.39 is 0 Å². The summed E-state index contributed by atoms with van der Waals surface area (Å²) in [5, 5.41) is 2.95. The van der Waals surface area contributed by atoms with Gasteiger partial charge in [-0.25, -0.2) is 0 Å². The molecule has 1 aliphatic heterocycles. The number of hydrogen-bond donors (Lipinski definition) is 1. The Morgan fingerprint density at radius 1 is 1.71 bits per heavy atom. The van der Waals surface area contributed by atoms with Gasteiger partial charge < -0.3 is 9.73 Å². The summed E-state index contributed by atoms with van der Waals surface area (Å²) in [6.45, 7) is 4.14. The molecular weight excluding hydrogens is 178 g/mol. The molecule has 0 bridgehead atoms. The molecule has 1 saturated heterocycles. The van der Waals surface area contributed by atoms with Crippen LogP contribution in [0.15, 0.2) is 22.8 Å². The molecule has 1 aromatic heterocycles. The number of carbonyl (C=O) groups excluding carboxylic acids is 1. The Balaban J connectivity index is 2.40. The predicted molar refractivity (Wildman–Crippen MR) is 52.9 cm³/mol. The zero-order valence-corrected chi connectivity index (χ0v) is 8.54. The van der Waals surface area contributed by atoms with E-state index >= 15 is 0 Å². The van der Waals surface area contributed by atoms with Crippen LogP contribution in [0.4, 0.5) is 0 Å². The zero-order valence-electron chi connectivity index (χ0n) is 8.54. The summed E-state index contributed by atoms with van der Waals surface area (Å²) in [5.74, 6) is 1.04. The van der Waals surface area contributed by atoms with E-state index in [9.17, 15) is 4.79 Å². The topological polar surface area (TPSA) is 42.2 Å². The summed E-state index contributed by atoms with van der Waals surface area (Å²) in [4.78, 5) is 11.4. The number of rotatable bonds is 2. The highest BCUT2D eigenvalue weighted by Gasteiger charge is 2.46. The summed E-state index contributed by atoms with van der Waals surface area (Å²) in [5.41, 5.74) is -0.138. The van der Waals surface area contributed by atoms with Gasteiger partial charge in [-0.05, 0) is 25.5 Å². The average Bonchev–Trinajstić information content (AvgIpc) is 2.73. The Morgan fingerprint density at radius 3 is 2.93 bits per heavy atom. The van der Waals surface area contributed by atoms with Gasteiger partial charge in [-0.15, -0.1) is 0 Å². The molecule has 1 aliphatic rings. The van der Waals surface area contributed by atoms with Gasteiger partial charge in [0.05, 0.1) is 11.7 Å². The minimum atomic E-state index is -0.138. The molecule has 3 heteroatoms. The number of hydrogen-bond acceptors (Lipinski definition) is 2. The molecule has 76 valence electrons. The Morgan fingerprint density at radius 2 is 2.50 bits per heavy atom. The summed E-state index contributed by atoms with van der Waals surface area (Å²) in [6, 6.07) is 3.99. The molecule has 0 spiro atoms. The minimum absolute atomic E-state index is 0.121. The lowest BCUT2D eigenvalue weighted by Gasteiger charge is -2.28. The summed E-state index contributed by atoms with van der Waals surface area (Å²) < 4.78 is 5.44. The van der Waals surface area contributed by atoms with Crippen LogP contribution in [0.1, 0.15) is 32.4 Å². The molecule has 0 radical (unpaired) electrons. The van der Waals surface area contributed by atoms with E-state index in [0.717, 1.165) is 12.2 Å². The van der Waals surface area contributed by atoms with Crippen molar-refractivity contribution in [3.8, 4) is 0 Å². The number of furan rings is 1. The summed E-state index contributed by atoms with van der Waals surface area (Å²) in [7, 11) is 0. The van der Waals surface area contributed by atoms with Gasteiger partial charge in [0.2, 0.25) is 5.91 Å². The molecule has 1 N–H and O–H groups in total. The molecular formula is C11H15NO2. The number of carbonyl (C=O) groups is 1. The number of amides is 1. The molecule has 1 fully saturated rings. The SMILES string of the molecule is CCC1(c2ccco2)CC(=O)NC1C. The third-order valence-corrected chi connectivity index (χ3v) is 3.33. The van der Waals surface area contributed by atoms with Crippen molar-refractivity contribution in [2.75, 3.05) is 0 Å². The van der Waals surface area contributed by atoms with Crippen LogP contribution < -0.4 is 5.32 Å². The molecule has 3 nitrogen and oxygen atoms in total.